The second-order valence-electron chi connectivity index (χ2n) is 2.88. The van der Waals surface area contributed by atoms with Gasteiger partial charge in [-0.2, -0.15) is 4.37 Å². The standard InChI is InChI=1S/C7H6N6O2S2/c1-3-11-7(17-12-3)16-6-4(13(14)15)5(8)9-2-10-6/h2H,1H3,(H2,8,9,10). The molecule has 0 unspecified atom stereocenters. The number of rotatable bonds is 3. The Kier molecular flexibility index (Phi) is 3.15. The van der Waals surface area contributed by atoms with Crippen LogP contribution in [-0.2, 0) is 0 Å². The van der Waals surface area contributed by atoms with E-state index < -0.39 is 4.92 Å². The zero-order valence-corrected chi connectivity index (χ0v) is 10.2. The fourth-order valence-corrected chi connectivity index (χ4v) is 2.66. The third-order valence-electron chi connectivity index (χ3n) is 1.69. The molecule has 0 aromatic carbocycles. The van der Waals surface area contributed by atoms with Crippen LogP contribution in [-0.4, -0.2) is 24.2 Å². The van der Waals surface area contributed by atoms with Crippen LogP contribution in [0.5, 0.6) is 0 Å². The normalized spacial score (nSPS) is 10.4. The molecule has 0 spiro atoms. The molecule has 2 N–H and O–H groups in total. The summed E-state index contributed by atoms with van der Waals surface area (Å²) in [4.78, 5) is 21.7. The van der Waals surface area contributed by atoms with Gasteiger partial charge >= 0.3 is 5.69 Å². The van der Waals surface area contributed by atoms with E-state index in [1.54, 1.807) is 6.92 Å². The molecule has 0 bridgehead atoms. The highest BCUT2D eigenvalue weighted by atomic mass is 32.2. The third kappa shape index (κ3) is 2.47. The summed E-state index contributed by atoms with van der Waals surface area (Å²) >= 11 is 2.20. The van der Waals surface area contributed by atoms with Crippen molar-refractivity contribution >= 4 is 34.8 Å². The van der Waals surface area contributed by atoms with Gasteiger partial charge in [-0.1, -0.05) is 0 Å². The highest BCUT2D eigenvalue weighted by Crippen LogP contribution is 2.35. The van der Waals surface area contributed by atoms with Gasteiger partial charge in [-0.25, -0.2) is 15.0 Å². The maximum Gasteiger partial charge on any atom is 0.343 e. The fraction of sp³-hybridized carbons (Fsp3) is 0.143. The molecule has 2 aromatic heterocycles. The van der Waals surface area contributed by atoms with Crippen molar-refractivity contribution in [1.82, 2.24) is 19.3 Å². The molecule has 2 rings (SSSR count). The number of aromatic nitrogens is 4. The Bertz CT molecular complexity index is 571. The number of nitrogens with two attached hydrogens (primary N) is 1. The monoisotopic (exact) mass is 270 g/mol. The predicted octanol–water partition coefficient (Wildman–Crippen LogP) is 1.28. The number of nitrogen functional groups attached to an aromatic ring is 1. The molecule has 0 aliphatic heterocycles. The molecule has 2 aromatic rings. The molecule has 0 amide bonds. The molecular weight excluding hydrogens is 264 g/mol. The highest BCUT2D eigenvalue weighted by molar-refractivity contribution is 8.01. The van der Waals surface area contributed by atoms with Crippen molar-refractivity contribution in [2.45, 2.75) is 16.3 Å². The first-order valence-electron chi connectivity index (χ1n) is 4.31. The van der Waals surface area contributed by atoms with Crippen molar-refractivity contribution in [3.8, 4) is 0 Å². The lowest BCUT2D eigenvalue weighted by Gasteiger charge is -2.00. The first-order valence-corrected chi connectivity index (χ1v) is 5.90. The Morgan fingerprint density at radius 3 is 2.88 bits per heavy atom. The average molecular weight is 270 g/mol. The van der Waals surface area contributed by atoms with Crippen LogP contribution in [0.4, 0.5) is 11.5 Å². The summed E-state index contributed by atoms with van der Waals surface area (Å²) in [6, 6.07) is 0. The van der Waals surface area contributed by atoms with Gasteiger partial charge in [0, 0.05) is 0 Å². The van der Waals surface area contributed by atoms with E-state index in [2.05, 4.69) is 19.3 Å². The molecule has 8 nitrogen and oxygen atoms in total. The van der Waals surface area contributed by atoms with E-state index in [1.165, 1.54) is 6.33 Å². The number of nitro groups is 1. The summed E-state index contributed by atoms with van der Waals surface area (Å²) in [5.74, 6) is 0.455. The SMILES string of the molecule is Cc1nsc(Sc2ncnc(N)c2[N+](=O)[O-])n1. The molecule has 0 fully saturated rings. The first-order chi connectivity index (χ1) is 8.08. The minimum atomic E-state index is -0.606. The van der Waals surface area contributed by atoms with Crippen molar-refractivity contribution < 1.29 is 4.92 Å². The molecule has 88 valence electrons. The second-order valence-corrected chi connectivity index (χ2v) is 4.87. The van der Waals surface area contributed by atoms with E-state index >= 15 is 0 Å². The Labute approximate surface area is 104 Å². The van der Waals surface area contributed by atoms with Crippen LogP contribution in [0.25, 0.3) is 0 Å². The molecule has 0 saturated heterocycles. The third-order valence-corrected chi connectivity index (χ3v) is 3.53. The lowest BCUT2D eigenvalue weighted by molar-refractivity contribution is -0.387. The van der Waals surface area contributed by atoms with E-state index in [-0.39, 0.29) is 16.5 Å². The molecule has 2 heterocycles. The molecule has 10 heteroatoms. The molecule has 0 radical (unpaired) electrons. The van der Waals surface area contributed by atoms with Gasteiger partial charge < -0.3 is 5.73 Å². The summed E-state index contributed by atoms with van der Waals surface area (Å²) < 4.78 is 4.55. The first kappa shape index (κ1) is 11.7. The quantitative estimate of drug-likeness (QED) is 0.503. The topological polar surface area (TPSA) is 121 Å². The number of hydrogen-bond acceptors (Lipinski definition) is 9. The minimum Gasteiger partial charge on any atom is -0.378 e. The number of aryl methyl sites for hydroxylation is 1. The van der Waals surface area contributed by atoms with Gasteiger partial charge in [-0.05, 0) is 30.2 Å². The summed E-state index contributed by atoms with van der Waals surface area (Å²) in [6.45, 7) is 1.74. The summed E-state index contributed by atoms with van der Waals surface area (Å²) in [7, 11) is 0. The smallest absolute Gasteiger partial charge is 0.343 e. The van der Waals surface area contributed by atoms with Gasteiger partial charge in [0.2, 0.25) is 5.82 Å². The number of hydrogen-bond donors (Lipinski definition) is 1. The lowest BCUT2D eigenvalue weighted by Crippen LogP contribution is -2.01. The van der Waals surface area contributed by atoms with Crippen molar-refractivity contribution in [3.05, 3.63) is 22.3 Å². The Balaban J connectivity index is 2.39. The molecule has 17 heavy (non-hydrogen) atoms. The second kappa shape index (κ2) is 4.59. The van der Waals surface area contributed by atoms with E-state index in [0.717, 1.165) is 23.3 Å². The fourth-order valence-electron chi connectivity index (χ4n) is 1.02. The Morgan fingerprint density at radius 2 is 2.29 bits per heavy atom. The van der Waals surface area contributed by atoms with Crippen LogP contribution in [0.1, 0.15) is 5.82 Å². The van der Waals surface area contributed by atoms with Crippen molar-refractivity contribution in [3.63, 3.8) is 0 Å². The summed E-state index contributed by atoms with van der Waals surface area (Å²) in [6.07, 6.45) is 1.18. The lowest BCUT2D eigenvalue weighted by atomic mass is 10.5. The molecular formula is C7H6N6O2S2. The van der Waals surface area contributed by atoms with Crippen LogP contribution < -0.4 is 5.73 Å². The van der Waals surface area contributed by atoms with E-state index in [9.17, 15) is 10.1 Å². The van der Waals surface area contributed by atoms with Crippen LogP contribution >= 0.6 is 23.3 Å². The number of anilines is 1. The van der Waals surface area contributed by atoms with Crippen LogP contribution in [0.15, 0.2) is 15.7 Å². The maximum atomic E-state index is 10.8. The van der Waals surface area contributed by atoms with Gasteiger partial charge in [0.15, 0.2) is 9.37 Å². The summed E-state index contributed by atoms with van der Waals surface area (Å²) in [5, 5.41) is 11.0. The number of nitrogens with zero attached hydrogens (tertiary/aromatic N) is 5. The van der Waals surface area contributed by atoms with Gasteiger partial charge in [-0.15, -0.1) is 0 Å². The largest absolute Gasteiger partial charge is 0.378 e. The zero-order chi connectivity index (χ0) is 12.4. The zero-order valence-electron chi connectivity index (χ0n) is 8.52. The predicted molar refractivity (Wildman–Crippen MR) is 61.9 cm³/mol. The molecule has 0 aliphatic carbocycles. The Morgan fingerprint density at radius 1 is 1.53 bits per heavy atom. The van der Waals surface area contributed by atoms with Gasteiger partial charge in [-0.3, -0.25) is 10.1 Å². The highest BCUT2D eigenvalue weighted by Gasteiger charge is 2.22. The average Bonchev–Trinajstić information content (AvgIpc) is 2.63. The maximum absolute atomic E-state index is 10.8. The molecule has 0 aliphatic rings. The van der Waals surface area contributed by atoms with Crippen molar-refractivity contribution in [2.24, 2.45) is 0 Å². The van der Waals surface area contributed by atoms with Crippen LogP contribution in [0, 0.1) is 17.0 Å². The van der Waals surface area contributed by atoms with Gasteiger partial charge in [0.05, 0.1) is 4.92 Å². The van der Waals surface area contributed by atoms with Gasteiger partial charge in [0.25, 0.3) is 0 Å². The summed E-state index contributed by atoms with van der Waals surface area (Å²) in [5.41, 5.74) is 5.14. The molecule has 0 atom stereocenters. The molecule has 0 saturated carbocycles. The van der Waals surface area contributed by atoms with Gasteiger partial charge in [0.1, 0.15) is 12.2 Å². The van der Waals surface area contributed by atoms with E-state index in [1.807, 2.05) is 0 Å². The van der Waals surface area contributed by atoms with E-state index in [4.69, 9.17) is 5.73 Å². The van der Waals surface area contributed by atoms with Crippen LogP contribution in [0.2, 0.25) is 0 Å². The Hall–Kier alpha value is -1.81. The van der Waals surface area contributed by atoms with E-state index in [0.29, 0.717) is 10.2 Å². The minimum absolute atomic E-state index is 0.159. The van der Waals surface area contributed by atoms with Crippen molar-refractivity contribution in [2.75, 3.05) is 5.73 Å². The van der Waals surface area contributed by atoms with Crippen molar-refractivity contribution in [1.29, 1.82) is 0 Å². The van der Waals surface area contributed by atoms with Crippen LogP contribution in [0.3, 0.4) is 0 Å².